The van der Waals surface area contributed by atoms with Gasteiger partial charge in [0.15, 0.2) is 0 Å². The number of halogens is 3. The van der Waals surface area contributed by atoms with Gasteiger partial charge in [0.2, 0.25) is 0 Å². The Morgan fingerprint density at radius 2 is 2.08 bits per heavy atom. The van der Waals surface area contributed by atoms with Crippen LogP contribution in [0.25, 0.3) is 0 Å². The quantitative estimate of drug-likeness (QED) is 0.674. The molecule has 1 unspecified atom stereocenters. The van der Waals surface area contributed by atoms with Crippen molar-refractivity contribution in [3.8, 4) is 0 Å². The first kappa shape index (κ1) is 9.96. The van der Waals surface area contributed by atoms with Gasteiger partial charge in [-0.2, -0.15) is 0 Å². The average Bonchev–Trinajstić information content (AvgIpc) is 1.96. The van der Waals surface area contributed by atoms with Crippen LogP contribution in [0, 0.1) is 12.7 Å². The molecule has 0 N–H and O–H groups in total. The lowest BCUT2D eigenvalue weighted by atomic mass is 10.2. The standard InChI is InChI=1S/C7H5Cl2FOS/c1-4-6(8)2-5(10)3-7(4)12(9)11/h2-3H,1H3. The molecule has 0 aliphatic rings. The molecule has 1 aromatic carbocycles. The molecular weight excluding hydrogens is 222 g/mol. The van der Waals surface area contributed by atoms with Crippen LogP contribution in [0.4, 0.5) is 4.39 Å². The lowest BCUT2D eigenvalue weighted by Gasteiger charge is -2.02. The van der Waals surface area contributed by atoms with E-state index in [0.29, 0.717) is 5.56 Å². The minimum Gasteiger partial charge on any atom is -0.237 e. The Kier molecular flexibility index (Phi) is 3.09. The van der Waals surface area contributed by atoms with Crippen molar-refractivity contribution in [2.75, 3.05) is 0 Å². The lowest BCUT2D eigenvalue weighted by molar-refractivity contribution is 0.622. The largest absolute Gasteiger partial charge is 0.237 e. The van der Waals surface area contributed by atoms with E-state index >= 15 is 0 Å². The van der Waals surface area contributed by atoms with E-state index in [1.54, 1.807) is 6.92 Å². The fourth-order valence-corrected chi connectivity index (χ4v) is 2.09. The van der Waals surface area contributed by atoms with Crippen molar-refractivity contribution in [1.29, 1.82) is 0 Å². The summed E-state index contributed by atoms with van der Waals surface area (Å²) in [5, 5.41) is 0.235. The third kappa shape index (κ3) is 1.97. The van der Waals surface area contributed by atoms with E-state index < -0.39 is 15.8 Å². The van der Waals surface area contributed by atoms with Crippen LogP contribution in [0.1, 0.15) is 5.56 Å². The summed E-state index contributed by atoms with van der Waals surface area (Å²) in [5.41, 5.74) is 0.548. The van der Waals surface area contributed by atoms with Gasteiger partial charge in [0.1, 0.15) is 15.8 Å². The topological polar surface area (TPSA) is 17.1 Å². The summed E-state index contributed by atoms with van der Waals surface area (Å²) in [6, 6.07) is 2.27. The van der Waals surface area contributed by atoms with E-state index in [4.69, 9.17) is 22.3 Å². The molecule has 0 spiro atoms. The third-order valence-corrected chi connectivity index (χ3v) is 3.10. The molecule has 1 aromatic rings. The van der Waals surface area contributed by atoms with Crippen molar-refractivity contribution in [3.63, 3.8) is 0 Å². The molecule has 0 aliphatic carbocycles. The van der Waals surface area contributed by atoms with Crippen molar-refractivity contribution in [2.45, 2.75) is 11.8 Å². The van der Waals surface area contributed by atoms with Gasteiger partial charge in [0.05, 0.1) is 4.90 Å². The molecule has 0 aliphatic heterocycles. The number of rotatable bonds is 1. The van der Waals surface area contributed by atoms with Gasteiger partial charge in [-0.05, 0) is 35.3 Å². The van der Waals surface area contributed by atoms with Gasteiger partial charge in [0, 0.05) is 5.02 Å². The van der Waals surface area contributed by atoms with Crippen LogP contribution in [-0.2, 0) is 10.0 Å². The van der Waals surface area contributed by atoms with Crippen LogP contribution < -0.4 is 0 Å². The highest BCUT2D eigenvalue weighted by atomic mass is 35.7. The summed E-state index contributed by atoms with van der Waals surface area (Å²) in [7, 11) is 3.59. The molecule has 0 aromatic heterocycles. The summed E-state index contributed by atoms with van der Waals surface area (Å²) in [6.45, 7) is 1.64. The molecule has 0 saturated heterocycles. The predicted octanol–water partition coefficient (Wildman–Crippen LogP) is 3.05. The first-order valence-corrected chi connectivity index (χ1v) is 5.41. The zero-order chi connectivity index (χ0) is 9.30. The van der Waals surface area contributed by atoms with E-state index in [2.05, 4.69) is 0 Å². The Morgan fingerprint density at radius 3 is 2.58 bits per heavy atom. The lowest BCUT2D eigenvalue weighted by Crippen LogP contribution is -1.90. The van der Waals surface area contributed by atoms with Gasteiger partial charge in [-0.25, -0.2) is 8.60 Å². The Balaban J connectivity index is 3.37. The Morgan fingerprint density at radius 1 is 1.50 bits per heavy atom. The van der Waals surface area contributed by atoms with Crippen LogP contribution in [-0.4, -0.2) is 4.21 Å². The minimum atomic E-state index is -1.71. The molecule has 5 heteroatoms. The van der Waals surface area contributed by atoms with E-state index in [0.717, 1.165) is 12.1 Å². The molecule has 0 bridgehead atoms. The smallest absolute Gasteiger partial charge is 0.147 e. The second-order valence-electron chi connectivity index (χ2n) is 2.23. The molecule has 0 radical (unpaired) electrons. The van der Waals surface area contributed by atoms with Crippen molar-refractivity contribution in [1.82, 2.24) is 0 Å². The van der Waals surface area contributed by atoms with Gasteiger partial charge < -0.3 is 0 Å². The number of hydrogen-bond donors (Lipinski definition) is 0. The van der Waals surface area contributed by atoms with Gasteiger partial charge in [0.25, 0.3) is 0 Å². The predicted molar refractivity (Wildman–Crippen MR) is 48.4 cm³/mol. The molecule has 1 rings (SSSR count). The zero-order valence-electron chi connectivity index (χ0n) is 6.11. The van der Waals surface area contributed by atoms with Crippen LogP contribution >= 0.6 is 22.3 Å². The van der Waals surface area contributed by atoms with Gasteiger partial charge in [-0.15, -0.1) is 0 Å². The van der Waals surface area contributed by atoms with E-state index in [-0.39, 0.29) is 9.92 Å². The molecular formula is C7H5Cl2FOS. The molecule has 0 amide bonds. The first-order valence-electron chi connectivity index (χ1n) is 3.06. The SMILES string of the molecule is Cc1c(Cl)cc(F)cc1S(=O)Cl. The average molecular weight is 227 g/mol. The van der Waals surface area contributed by atoms with Crippen molar-refractivity contribution >= 4 is 32.3 Å². The Labute approximate surface area is 81.4 Å². The van der Waals surface area contributed by atoms with Crippen LogP contribution in [0.3, 0.4) is 0 Å². The van der Waals surface area contributed by atoms with Crippen molar-refractivity contribution in [2.24, 2.45) is 0 Å². The monoisotopic (exact) mass is 226 g/mol. The van der Waals surface area contributed by atoms with E-state index in [9.17, 15) is 8.60 Å². The summed E-state index contributed by atoms with van der Waals surface area (Å²) >= 11 is 5.63. The van der Waals surface area contributed by atoms with E-state index in [1.807, 2.05) is 0 Å². The second-order valence-corrected chi connectivity index (χ2v) is 4.37. The maximum Gasteiger partial charge on any atom is 0.147 e. The fraction of sp³-hybridized carbons (Fsp3) is 0.143. The molecule has 0 heterocycles. The Bertz CT molecular complexity index is 340. The third-order valence-electron chi connectivity index (χ3n) is 1.43. The zero-order valence-corrected chi connectivity index (χ0v) is 8.43. The maximum atomic E-state index is 12.7. The Hall–Kier alpha value is -0.120. The number of benzene rings is 1. The van der Waals surface area contributed by atoms with Crippen molar-refractivity contribution < 1.29 is 8.60 Å². The fourth-order valence-electron chi connectivity index (χ4n) is 0.789. The van der Waals surface area contributed by atoms with Crippen LogP contribution in [0.15, 0.2) is 17.0 Å². The molecule has 66 valence electrons. The molecule has 12 heavy (non-hydrogen) atoms. The summed E-state index contributed by atoms with van der Waals surface area (Å²) in [6.07, 6.45) is 0. The van der Waals surface area contributed by atoms with Crippen LogP contribution in [0.5, 0.6) is 0 Å². The molecule has 0 saturated carbocycles. The number of hydrogen-bond acceptors (Lipinski definition) is 1. The highest BCUT2D eigenvalue weighted by Crippen LogP contribution is 2.24. The maximum absolute atomic E-state index is 12.7. The first-order chi connectivity index (χ1) is 5.52. The van der Waals surface area contributed by atoms with E-state index in [1.165, 1.54) is 0 Å². The van der Waals surface area contributed by atoms with Crippen molar-refractivity contribution in [3.05, 3.63) is 28.5 Å². The second kappa shape index (κ2) is 3.73. The normalized spacial score (nSPS) is 13.0. The highest BCUT2D eigenvalue weighted by Gasteiger charge is 2.09. The highest BCUT2D eigenvalue weighted by molar-refractivity contribution is 8.08. The van der Waals surface area contributed by atoms with Gasteiger partial charge in [-0.3, -0.25) is 0 Å². The summed E-state index contributed by atoms with van der Waals surface area (Å²) in [5.74, 6) is -0.533. The minimum absolute atomic E-state index is 0.224. The van der Waals surface area contributed by atoms with Gasteiger partial charge in [-0.1, -0.05) is 11.6 Å². The molecule has 1 nitrogen and oxygen atoms in total. The summed E-state index contributed by atoms with van der Waals surface area (Å²) in [4.78, 5) is 0.224. The summed E-state index contributed by atoms with van der Waals surface area (Å²) < 4.78 is 23.5. The molecule has 1 atom stereocenters. The molecule has 0 fully saturated rings. The van der Waals surface area contributed by atoms with Gasteiger partial charge >= 0.3 is 0 Å². The van der Waals surface area contributed by atoms with Crippen LogP contribution in [0.2, 0.25) is 5.02 Å².